The molecular formula is C9H16O5. The van der Waals surface area contributed by atoms with E-state index in [1.807, 2.05) is 0 Å². The molecular weight excluding hydrogens is 188 g/mol. The lowest BCUT2D eigenvalue weighted by Gasteiger charge is -2.38. The van der Waals surface area contributed by atoms with E-state index in [4.69, 9.17) is 9.84 Å². The molecule has 5 atom stereocenters. The zero-order valence-corrected chi connectivity index (χ0v) is 7.95. The minimum atomic E-state index is -1.24. The van der Waals surface area contributed by atoms with E-state index in [2.05, 4.69) is 12.8 Å². The van der Waals surface area contributed by atoms with Gasteiger partial charge in [0.2, 0.25) is 0 Å². The lowest BCUT2D eigenvalue weighted by Crippen LogP contribution is -2.57. The van der Waals surface area contributed by atoms with Crippen molar-refractivity contribution >= 4 is 0 Å². The van der Waals surface area contributed by atoms with Gasteiger partial charge in [0.05, 0.1) is 12.7 Å². The minimum absolute atomic E-state index is 0.366. The van der Waals surface area contributed by atoms with Crippen molar-refractivity contribution in [3.8, 4) is 12.8 Å². The summed E-state index contributed by atoms with van der Waals surface area (Å²) in [5.74, 6) is 0. The average molecular weight is 204 g/mol. The van der Waals surface area contributed by atoms with Crippen molar-refractivity contribution in [2.24, 2.45) is 0 Å². The second kappa shape index (κ2) is 5.96. The average Bonchev–Trinajstić information content (AvgIpc) is 2.23. The van der Waals surface area contributed by atoms with E-state index >= 15 is 0 Å². The molecule has 0 bridgehead atoms. The van der Waals surface area contributed by atoms with Crippen LogP contribution < -0.4 is 0 Å². The van der Waals surface area contributed by atoms with Crippen LogP contribution in [0.4, 0.5) is 0 Å². The molecule has 1 fully saturated rings. The molecule has 82 valence electrons. The second-order valence-corrected chi connectivity index (χ2v) is 3.03. The van der Waals surface area contributed by atoms with E-state index < -0.39 is 30.5 Å². The lowest BCUT2D eigenvalue weighted by molar-refractivity contribution is -0.224. The maximum Gasteiger partial charge on any atom is 0.111 e. The maximum absolute atomic E-state index is 9.23. The van der Waals surface area contributed by atoms with E-state index in [0.717, 1.165) is 0 Å². The summed E-state index contributed by atoms with van der Waals surface area (Å²) in [6, 6.07) is 0. The number of ether oxygens (including phenoxy) is 1. The summed E-state index contributed by atoms with van der Waals surface area (Å²) < 4.78 is 5.02. The van der Waals surface area contributed by atoms with E-state index in [-0.39, 0.29) is 6.61 Å². The molecule has 1 rings (SSSR count). The molecule has 1 saturated heterocycles. The van der Waals surface area contributed by atoms with Crippen LogP contribution in [0.25, 0.3) is 0 Å². The van der Waals surface area contributed by atoms with Gasteiger partial charge in [0.25, 0.3) is 0 Å². The van der Waals surface area contributed by atoms with Gasteiger partial charge in [0, 0.05) is 0 Å². The van der Waals surface area contributed by atoms with Crippen LogP contribution in [-0.2, 0) is 4.74 Å². The van der Waals surface area contributed by atoms with Crippen molar-refractivity contribution < 1.29 is 25.2 Å². The molecule has 5 heteroatoms. The SMILES string of the molecule is C#C.C[C@H]1OC(CO)[C@@H](O)C(O)C1O. The summed E-state index contributed by atoms with van der Waals surface area (Å²) in [5.41, 5.74) is 0. The van der Waals surface area contributed by atoms with Crippen molar-refractivity contribution in [1.82, 2.24) is 0 Å². The topological polar surface area (TPSA) is 90.2 Å². The van der Waals surface area contributed by atoms with Gasteiger partial charge in [0.15, 0.2) is 0 Å². The Morgan fingerprint density at radius 2 is 1.57 bits per heavy atom. The molecule has 0 aromatic heterocycles. The van der Waals surface area contributed by atoms with Gasteiger partial charge in [0.1, 0.15) is 24.4 Å². The Hall–Kier alpha value is -0.640. The Kier molecular flexibility index (Phi) is 5.69. The van der Waals surface area contributed by atoms with Gasteiger partial charge in [-0.3, -0.25) is 0 Å². The molecule has 5 nitrogen and oxygen atoms in total. The van der Waals surface area contributed by atoms with Gasteiger partial charge in [-0.25, -0.2) is 0 Å². The molecule has 0 aromatic rings. The molecule has 4 N–H and O–H groups in total. The first-order chi connectivity index (χ1) is 6.57. The Balaban J connectivity index is 0.000000791. The Morgan fingerprint density at radius 1 is 1.07 bits per heavy atom. The molecule has 0 amide bonds. The maximum atomic E-state index is 9.23. The largest absolute Gasteiger partial charge is 0.394 e. The predicted octanol–water partition coefficient (Wildman–Crippen LogP) is -1.90. The van der Waals surface area contributed by atoms with Gasteiger partial charge in [-0.2, -0.15) is 0 Å². The van der Waals surface area contributed by atoms with Gasteiger partial charge >= 0.3 is 0 Å². The highest BCUT2D eigenvalue weighted by atomic mass is 16.5. The van der Waals surface area contributed by atoms with Crippen LogP contribution in [0.2, 0.25) is 0 Å². The normalized spacial score (nSPS) is 42.4. The molecule has 0 aliphatic carbocycles. The summed E-state index contributed by atoms with van der Waals surface area (Å²) in [6.45, 7) is 1.21. The molecule has 0 aromatic carbocycles. The highest BCUT2D eigenvalue weighted by Gasteiger charge is 2.41. The summed E-state index contributed by atoms with van der Waals surface area (Å²) in [7, 11) is 0. The fraction of sp³-hybridized carbons (Fsp3) is 0.778. The van der Waals surface area contributed by atoms with Gasteiger partial charge < -0.3 is 25.2 Å². The monoisotopic (exact) mass is 204 g/mol. The van der Waals surface area contributed by atoms with Crippen molar-refractivity contribution in [3.63, 3.8) is 0 Å². The van der Waals surface area contributed by atoms with Gasteiger partial charge in [-0.05, 0) is 6.92 Å². The van der Waals surface area contributed by atoms with Crippen LogP contribution in [0.1, 0.15) is 6.92 Å². The fourth-order valence-corrected chi connectivity index (χ4v) is 1.29. The molecule has 14 heavy (non-hydrogen) atoms. The van der Waals surface area contributed by atoms with E-state index in [1.165, 1.54) is 0 Å². The summed E-state index contributed by atoms with van der Waals surface area (Å²) in [6.07, 6.45) is 3.06. The van der Waals surface area contributed by atoms with Crippen LogP contribution >= 0.6 is 0 Å². The first kappa shape index (κ1) is 13.4. The van der Waals surface area contributed by atoms with Crippen LogP contribution in [0.15, 0.2) is 0 Å². The van der Waals surface area contributed by atoms with E-state index in [9.17, 15) is 15.3 Å². The van der Waals surface area contributed by atoms with Gasteiger partial charge in [-0.1, -0.05) is 0 Å². The highest BCUT2D eigenvalue weighted by molar-refractivity contribution is 4.89. The zero-order chi connectivity index (χ0) is 11.3. The fourth-order valence-electron chi connectivity index (χ4n) is 1.29. The van der Waals surface area contributed by atoms with Crippen LogP contribution in [0.5, 0.6) is 0 Å². The Labute approximate surface area is 82.9 Å². The minimum Gasteiger partial charge on any atom is -0.394 e. The Morgan fingerprint density at radius 3 is 2.00 bits per heavy atom. The summed E-state index contributed by atoms with van der Waals surface area (Å²) in [5, 5.41) is 36.4. The second-order valence-electron chi connectivity index (χ2n) is 3.03. The zero-order valence-electron chi connectivity index (χ0n) is 7.95. The molecule has 1 heterocycles. The standard InChI is InChI=1S/C7H14O5.C2H2/c1-3-5(9)7(11)6(10)4(2-8)12-3;1-2/h3-11H,2H2,1H3;1-2H/t3-,4?,5?,6-,7?;/m1./s1. The van der Waals surface area contributed by atoms with Crippen molar-refractivity contribution in [2.75, 3.05) is 6.61 Å². The third kappa shape index (κ3) is 2.67. The van der Waals surface area contributed by atoms with Crippen LogP contribution in [-0.4, -0.2) is 57.6 Å². The number of aliphatic hydroxyl groups is 4. The van der Waals surface area contributed by atoms with E-state index in [1.54, 1.807) is 6.92 Å². The smallest absolute Gasteiger partial charge is 0.111 e. The van der Waals surface area contributed by atoms with Crippen LogP contribution in [0, 0.1) is 12.8 Å². The predicted molar refractivity (Wildman–Crippen MR) is 49.3 cm³/mol. The summed E-state index contributed by atoms with van der Waals surface area (Å²) in [4.78, 5) is 0. The van der Waals surface area contributed by atoms with E-state index in [0.29, 0.717) is 0 Å². The lowest BCUT2D eigenvalue weighted by atomic mass is 9.96. The molecule has 1 aliphatic rings. The highest BCUT2D eigenvalue weighted by Crippen LogP contribution is 2.20. The third-order valence-electron chi connectivity index (χ3n) is 2.13. The number of aliphatic hydroxyl groups excluding tert-OH is 4. The number of hydrogen-bond acceptors (Lipinski definition) is 5. The third-order valence-corrected chi connectivity index (χ3v) is 2.13. The van der Waals surface area contributed by atoms with Gasteiger partial charge in [-0.15, -0.1) is 12.8 Å². The number of terminal acetylenes is 1. The van der Waals surface area contributed by atoms with Crippen molar-refractivity contribution in [1.29, 1.82) is 0 Å². The first-order valence-corrected chi connectivity index (χ1v) is 4.21. The molecule has 0 saturated carbocycles. The number of hydrogen-bond donors (Lipinski definition) is 4. The molecule has 1 aliphatic heterocycles. The van der Waals surface area contributed by atoms with Crippen LogP contribution in [0.3, 0.4) is 0 Å². The summed E-state index contributed by atoms with van der Waals surface area (Å²) >= 11 is 0. The van der Waals surface area contributed by atoms with Crippen molar-refractivity contribution in [3.05, 3.63) is 0 Å². The molecule has 0 spiro atoms. The molecule has 0 radical (unpaired) electrons. The first-order valence-electron chi connectivity index (χ1n) is 4.21. The quantitative estimate of drug-likeness (QED) is 0.374. The molecule has 3 unspecified atom stereocenters. The Bertz CT molecular complexity index is 177. The number of rotatable bonds is 1. The van der Waals surface area contributed by atoms with Crippen molar-refractivity contribution in [2.45, 2.75) is 37.4 Å².